The molecular formula is C8H13NO. The number of hydrogen-bond donors (Lipinski definition) is 1. The van der Waals surface area contributed by atoms with E-state index in [1.807, 2.05) is 0 Å². The van der Waals surface area contributed by atoms with Crippen LogP contribution in [0.3, 0.4) is 0 Å². The molecule has 0 aromatic heterocycles. The van der Waals surface area contributed by atoms with Crippen molar-refractivity contribution in [3.8, 4) is 0 Å². The molecule has 0 unspecified atom stereocenters. The second-order valence-corrected chi connectivity index (χ2v) is 3.17. The third-order valence-electron chi connectivity index (χ3n) is 2.47. The summed E-state index contributed by atoms with van der Waals surface area (Å²) in [6.07, 6.45) is 5.86. The van der Waals surface area contributed by atoms with Gasteiger partial charge >= 0.3 is 0 Å². The van der Waals surface area contributed by atoms with Crippen LogP contribution in [-0.2, 0) is 0 Å². The average Bonchev–Trinajstić information content (AvgIpc) is 2.48. The largest absolute Gasteiger partial charge is 0.395 e. The van der Waals surface area contributed by atoms with Crippen molar-refractivity contribution in [2.75, 3.05) is 19.7 Å². The summed E-state index contributed by atoms with van der Waals surface area (Å²) in [5.74, 6) is 0.788. The van der Waals surface area contributed by atoms with Gasteiger partial charge in [0.2, 0.25) is 0 Å². The quantitative estimate of drug-likeness (QED) is 0.554. The Kier molecular flexibility index (Phi) is 1.51. The molecule has 0 radical (unpaired) electrons. The molecule has 2 heteroatoms. The molecule has 56 valence electrons. The van der Waals surface area contributed by atoms with Crippen LogP contribution in [-0.4, -0.2) is 35.7 Å². The zero-order valence-corrected chi connectivity index (χ0v) is 6.03. The molecule has 0 aromatic carbocycles. The Hall–Kier alpha value is -0.340. The van der Waals surface area contributed by atoms with Crippen molar-refractivity contribution in [3.05, 3.63) is 12.2 Å². The Morgan fingerprint density at radius 1 is 1.50 bits per heavy atom. The van der Waals surface area contributed by atoms with Gasteiger partial charge in [0, 0.05) is 19.1 Å². The van der Waals surface area contributed by atoms with E-state index in [0.717, 1.165) is 12.5 Å². The minimum atomic E-state index is 0.303. The molecule has 1 fully saturated rings. The van der Waals surface area contributed by atoms with E-state index in [1.54, 1.807) is 0 Å². The fourth-order valence-electron chi connectivity index (χ4n) is 1.98. The first-order chi connectivity index (χ1) is 4.90. The van der Waals surface area contributed by atoms with Crippen molar-refractivity contribution >= 4 is 0 Å². The number of β-amino-alcohol motifs (C(OH)–C–C–N with tert-alkyl or cyclic N) is 1. The Bertz CT molecular complexity index is 155. The maximum Gasteiger partial charge on any atom is 0.0558 e. The zero-order valence-electron chi connectivity index (χ0n) is 6.03. The predicted molar refractivity (Wildman–Crippen MR) is 39.7 cm³/mol. The number of hydrogen-bond acceptors (Lipinski definition) is 2. The van der Waals surface area contributed by atoms with Gasteiger partial charge in [-0.3, -0.25) is 4.90 Å². The average molecular weight is 139 g/mol. The number of fused-ring (bicyclic) bond motifs is 2. The van der Waals surface area contributed by atoms with Gasteiger partial charge in [-0.25, -0.2) is 0 Å². The number of rotatable bonds is 2. The summed E-state index contributed by atoms with van der Waals surface area (Å²) >= 11 is 0. The number of likely N-dealkylation sites (tertiary alicyclic amines) is 1. The van der Waals surface area contributed by atoms with E-state index in [9.17, 15) is 0 Å². The predicted octanol–water partition coefficient (Wildman–Crippen LogP) is 0.239. The van der Waals surface area contributed by atoms with Crippen molar-refractivity contribution in [2.24, 2.45) is 5.92 Å². The van der Waals surface area contributed by atoms with E-state index < -0.39 is 0 Å². The summed E-state index contributed by atoms with van der Waals surface area (Å²) in [6.45, 7) is 2.32. The van der Waals surface area contributed by atoms with Gasteiger partial charge in [0.15, 0.2) is 0 Å². The number of aliphatic hydroxyl groups is 1. The molecule has 0 saturated carbocycles. The third kappa shape index (κ3) is 0.879. The van der Waals surface area contributed by atoms with Crippen molar-refractivity contribution in [2.45, 2.75) is 12.5 Å². The first-order valence-electron chi connectivity index (χ1n) is 3.93. The van der Waals surface area contributed by atoms with Gasteiger partial charge in [0.25, 0.3) is 0 Å². The molecule has 0 aromatic rings. The summed E-state index contributed by atoms with van der Waals surface area (Å²) in [4.78, 5) is 2.35. The van der Waals surface area contributed by atoms with Gasteiger partial charge in [-0.1, -0.05) is 12.2 Å². The number of nitrogens with zero attached hydrogens (tertiary/aromatic N) is 1. The van der Waals surface area contributed by atoms with Crippen LogP contribution >= 0.6 is 0 Å². The third-order valence-corrected chi connectivity index (χ3v) is 2.47. The van der Waals surface area contributed by atoms with Crippen LogP contribution in [0.25, 0.3) is 0 Å². The molecule has 2 nitrogen and oxygen atoms in total. The molecule has 2 rings (SSSR count). The Labute approximate surface area is 61.1 Å². The normalized spacial score (nSPS) is 37.7. The van der Waals surface area contributed by atoms with Gasteiger partial charge in [0.05, 0.1) is 6.61 Å². The van der Waals surface area contributed by atoms with E-state index in [-0.39, 0.29) is 0 Å². The highest BCUT2D eigenvalue weighted by atomic mass is 16.3. The van der Waals surface area contributed by atoms with E-state index >= 15 is 0 Å². The minimum absolute atomic E-state index is 0.303. The summed E-state index contributed by atoms with van der Waals surface area (Å²) in [5.41, 5.74) is 0. The van der Waals surface area contributed by atoms with Crippen LogP contribution < -0.4 is 0 Å². The Morgan fingerprint density at radius 3 is 2.90 bits per heavy atom. The maximum absolute atomic E-state index is 8.69. The fraction of sp³-hybridized carbons (Fsp3) is 0.750. The highest BCUT2D eigenvalue weighted by Crippen LogP contribution is 2.30. The highest BCUT2D eigenvalue weighted by molar-refractivity contribution is 5.12. The zero-order chi connectivity index (χ0) is 6.97. The summed E-state index contributed by atoms with van der Waals surface area (Å²) in [6, 6.07) is 0.650. The molecule has 2 aliphatic rings. The van der Waals surface area contributed by atoms with Crippen LogP contribution in [0.15, 0.2) is 12.2 Å². The molecule has 0 spiro atoms. The van der Waals surface area contributed by atoms with Gasteiger partial charge in [-0.2, -0.15) is 0 Å². The molecule has 1 aliphatic heterocycles. The lowest BCUT2D eigenvalue weighted by atomic mass is 10.2. The van der Waals surface area contributed by atoms with Gasteiger partial charge in [0.1, 0.15) is 0 Å². The summed E-state index contributed by atoms with van der Waals surface area (Å²) in [7, 11) is 0. The van der Waals surface area contributed by atoms with E-state index in [1.165, 1.54) is 13.0 Å². The molecular weight excluding hydrogens is 126 g/mol. The SMILES string of the molecule is OCCN1C[C@@H]2C=C[C@@H]1C2. The smallest absolute Gasteiger partial charge is 0.0558 e. The van der Waals surface area contributed by atoms with Crippen LogP contribution in [0.5, 0.6) is 0 Å². The van der Waals surface area contributed by atoms with Crippen molar-refractivity contribution in [1.29, 1.82) is 0 Å². The lowest BCUT2D eigenvalue weighted by Gasteiger charge is -2.21. The Balaban J connectivity index is 1.96. The summed E-state index contributed by atoms with van der Waals surface area (Å²) < 4.78 is 0. The first kappa shape index (κ1) is 6.38. The molecule has 1 saturated heterocycles. The van der Waals surface area contributed by atoms with Gasteiger partial charge in [-0.15, -0.1) is 0 Å². The molecule has 2 atom stereocenters. The van der Waals surface area contributed by atoms with Crippen LogP contribution in [0.2, 0.25) is 0 Å². The minimum Gasteiger partial charge on any atom is -0.395 e. The number of aliphatic hydroxyl groups excluding tert-OH is 1. The highest BCUT2D eigenvalue weighted by Gasteiger charge is 2.32. The lowest BCUT2D eigenvalue weighted by molar-refractivity contribution is 0.197. The van der Waals surface area contributed by atoms with E-state index in [2.05, 4.69) is 17.1 Å². The van der Waals surface area contributed by atoms with Crippen molar-refractivity contribution in [3.63, 3.8) is 0 Å². The lowest BCUT2D eigenvalue weighted by Crippen LogP contribution is -2.32. The molecule has 1 aliphatic carbocycles. The monoisotopic (exact) mass is 139 g/mol. The topological polar surface area (TPSA) is 23.5 Å². The second-order valence-electron chi connectivity index (χ2n) is 3.17. The van der Waals surface area contributed by atoms with Crippen LogP contribution in [0.4, 0.5) is 0 Å². The van der Waals surface area contributed by atoms with E-state index in [0.29, 0.717) is 12.6 Å². The maximum atomic E-state index is 8.69. The Morgan fingerprint density at radius 2 is 2.40 bits per heavy atom. The molecule has 0 amide bonds. The van der Waals surface area contributed by atoms with Crippen molar-refractivity contribution in [1.82, 2.24) is 4.90 Å². The van der Waals surface area contributed by atoms with Crippen LogP contribution in [0.1, 0.15) is 6.42 Å². The molecule has 1 heterocycles. The molecule has 2 bridgehead atoms. The second kappa shape index (κ2) is 2.36. The van der Waals surface area contributed by atoms with Gasteiger partial charge < -0.3 is 5.11 Å². The van der Waals surface area contributed by atoms with Gasteiger partial charge in [-0.05, 0) is 12.3 Å². The molecule has 1 N–H and O–H groups in total. The molecule has 10 heavy (non-hydrogen) atoms. The summed E-state index contributed by atoms with van der Waals surface area (Å²) in [5, 5.41) is 8.69. The standard InChI is InChI=1S/C8H13NO/c10-4-3-9-6-7-1-2-8(9)5-7/h1-2,7-8,10H,3-6H2/t7-,8-/m1/s1. The fourth-order valence-corrected chi connectivity index (χ4v) is 1.98. The first-order valence-corrected chi connectivity index (χ1v) is 3.93. The van der Waals surface area contributed by atoms with Crippen LogP contribution in [0, 0.1) is 5.92 Å². The van der Waals surface area contributed by atoms with E-state index in [4.69, 9.17) is 5.11 Å². The van der Waals surface area contributed by atoms with Crippen molar-refractivity contribution < 1.29 is 5.11 Å².